The Bertz CT molecular complexity index is 2330. The first kappa shape index (κ1) is 42.8. The van der Waals surface area contributed by atoms with E-state index in [0.717, 1.165) is 45.7 Å². The van der Waals surface area contributed by atoms with Gasteiger partial charge in [0.15, 0.2) is 5.76 Å². The summed E-state index contributed by atoms with van der Waals surface area (Å²) in [5.74, 6) is -0.869. The smallest absolute Gasteiger partial charge is 0.416 e. The summed E-state index contributed by atoms with van der Waals surface area (Å²) in [6, 6.07) is 25.5. The number of aliphatic hydroxyl groups is 4. The number of rotatable bonds is 10. The maximum absolute atomic E-state index is 14.7. The van der Waals surface area contributed by atoms with Gasteiger partial charge in [-0.15, -0.1) is 0 Å². The van der Waals surface area contributed by atoms with Crippen LogP contribution in [0.15, 0.2) is 107 Å². The minimum absolute atomic E-state index is 0.00301. The summed E-state index contributed by atoms with van der Waals surface area (Å²) in [4.78, 5) is 16.7. The van der Waals surface area contributed by atoms with Crippen molar-refractivity contribution in [3.63, 3.8) is 0 Å². The van der Waals surface area contributed by atoms with Crippen molar-refractivity contribution in [2.75, 3.05) is 19.7 Å². The fourth-order valence-electron chi connectivity index (χ4n) is 9.41. The van der Waals surface area contributed by atoms with E-state index in [-0.39, 0.29) is 41.1 Å². The molecule has 1 fully saturated rings. The van der Waals surface area contributed by atoms with Gasteiger partial charge in [0.1, 0.15) is 5.76 Å². The van der Waals surface area contributed by atoms with E-state index >= 15 is 0 Å². The molecular formula is C48H51ClF3NO6. The zero-order valence-corrected chi connectivity index (χ0v) is 34.1. The van der Waals surface area contributed by atoms with Crippen LogP contribution in [0.3, 0.4) is 0 Å². The van der Waals surface area contributed by atoms with Gasteiger partial charge in [-0.25, -0.2) is 0 Å². The van der Waals surface area contributed by atoms with E-state index in [1.54, 1.807) is 6.07 Å². The van der Waals surface area contributed by atoms with Gasteiger partial charge in [-0.2, -0.15) is 13.2 Å². The Balaban J connectivity index is 1.29. The quantitative estimate of drug-likeness (QED) is 0.0819. The predicted molar refractivity (Wildman–Crippen MR) is 223 cm³/mol. The molecule has 8 rings (SSSR count). The van der Waals surface area contributed by atoms with Crippen molar-refractivity contribution in [3.05, 3.63) is 141 Å². The van der Waals surface area contributed by atoms with E-state index < -0.39 is 47.4 Å². The molecule has 7 nitrogen and oxygen atoms in total. The second kappa shape index (κ2) is 17.4. The molecule has 0 radical (unpaired) electrons. The van der Waals surface area contributed by atoms with Crippen molar-refractivity contribution in [3.8, 4) is 11.3 Å². The highest BCUT2D eigenvalue weighted by molar-refractivity contribution is 6.33. The minimum Gasteiger partial charge on any atom is -0.453 e. The van der Waals surface area contributed by atoms with Gasteiger partial charge in [0, 0.05) is 36.2 Å². The highest BCUT2D eigenvalue weighted by Gasteiger charge is 2.57. The van der Waals surface area contributed by atoms with Crippen molar-refractivity contribution in [2.24, 2.45) is 5.41 Å². The van der Waals surface area contributed by atoms with E-state index in [1.165, 1.54) is 12.1 Å². The Morgan fingerprint density at radius 3 is 2.56 bits per heavy atom. The Morgan fingerprint density at radius 2 is 1.78 bits per heavy atom. The molecule has 1 aromatic heterocycles. The number of nitrogens with zero attached hydrogens (tertiary/aromatic N) is 1. The topological polar surface area (TPSA) is 114 Å². The number of hydrogen-bond donors (Lipinski definition) is 4. The third-order valence-corrected chi connectivity index (χ3v) is 13.1. The molecule has 59 heavy (non-hydrogen) atoms. The number of halogens is 4. The molecule has 1 heterocycles. The van der Waals surface area contributed by atoms with E-state index in [0.29, 0.717) is 62.6 Å². The minimum atomic E-state index is -4.61. The molecule has 4 aromatic carbocycles. The number of fused-ring (bicyclic) bond motifs is 9. The van der Waals surface area contributed by atoms with Crippen LogP contribution in [-0.2, 0) is 19.1 Å². The normalized spacial score (nSPS) is 23.3. The lowest BCUT2D eigenvalue weighted by Crippen LogP contribution is -2.53. The summed E-state index contributed by atoms with van der Waals surface area (Å²) in [6.45, 7) is 4.42. The molecule has 3 aliphatic carbocycles. The molecule has 0 unspecified atom stereocenters. The SMILES string of the molecule is CC1=CCC[C@@]2(C)[C@@H](CC[C@@]2(O)CN(Cc2cccc3ccccc23)C[C@H](O)CO)c2ccc(cc2C(=O)c2ccc(-c3cc(C(F)(F)F)ccc3Cl)o2)C[C@@H](O)CC1. The monoisotopic (exact) mass is 829 g/mol. The molecule has 4 N–H and O–H groups in total. The van der Waals surface area contributed by atoms with Gasteiger partial charge in [0.2, 0.25) is 5.78 Å². The summed E-state index contributed by atoms with van der Waals surface area (Å²) in [5.41, 5.74) is 0.945. The van der Waals surface area contributed by atoms with Gasteiger partial charge in [-0.05, 0) is 122 Å². The van der Waals surface area contributed by atoms with E-state index in [4.69, 9.17) is 16.0 Å². The lowest BCUT2D eigenvalue weighted by Gasteiger charge is -2.46. The molecule has 0 saturated heterocycles. The molecule has 11 heteroatoms. The Hall–Kier alpha value is -4.29. The highest BCUT2D eigenvalue weighted by atomic mass is 35.5. The Labute approximate surface area is 347 Å². The molecule has 0 aliphatic heterocycles. The number of hydrogen-bond acceptors (Lipinski definition) is 7. The molecule has 312 valence electrons. The first-order valence-electron chi connectivity index (χ1n) is 20.3. The van der Waals surface area contributed by atoms with Crippen LogP contribution in [0.25, 0.3) is 22.1 Å². The number of carbonyl (C=O) groups is 1. The summed E-state index contributed by atoms with van der Waals surface area (Å²) in [6.07, 6.45) is -0.501. The third kappa shape index (κ3) is 9.09. The van der Waals surface area contributed by atoms with Crippen molar-refractivity contribution in [1.29, 1.82) is 0 Å². The summed E-state index contributed by atoms with van der Waals surface area (Å²) < 4.78 is 46.9. The number of alkyl halides is 3. The average molecular weight is 830 g/mol. The van der Waals surface area contributed by atoms with Gasteiger partial charge in [0.05, 0.1) is 35.0 Å². The van der Waals surface area contributed by atoms with Crippen molar-refractivity contribution in [1.82, 2.24) is 4.90 Å². The number of allylic oxidation sites excluding steroid dienone is 2. The molecule has 0 spiro atoms. The number of ketones is 1. The summed E-state index contributed by atoms with van der Waals surface area (Å²) in [7, 11) is 0. The molecular weight excluding hydrogens is 779 g/mol. The molecule has 3 aliphatic rings. The second-order valence-corrected chi connectivity index (χ2v) is 17.2. The number of carbonyl (C=O) groups excluding carboxylic acids is 1. The van der Waals surface area contributed by atoms with Crippen molar-refractivity contribution >= 4 is 28.2 Å². The van der Waals surface area contributed by atoms with Crippen LogP contribution in [0.4, 0.5) is 13.2 Å². The maximum Gasteiger partial charge on any atom is 0.416 e. The molecule has 2 bridgehead atoms. The average Bonchev–Trinajstić information content (AvgIpc) is 3.79. The van der Waals surface area contributed by atoms with Gasteiger partial charge >= 0.3 is 6.18 Å². The lowest BCUT2D eigenvalue weighted by atomic mass is 9.64. The van der Waals surface area contributed by atoms with E-state index in [1.807, 2.05) is 53.4 Å². The van der Waals surface area contributed by atoms with Crippen LogP contribution in [0, 0.1) is 5.41 Å². The molecule has 0 amide bonds. The fourth-order valence-corrected chi connectivity index (χ4v) is 9.62. The highest BCUT2D eigenvalue weighted by Crippen LogP contribution is 2.59. The van der Waals surface area contributed by atoms with Crippen LogP contribution in [0.2, 0.25) is 5.02 Å². The summed E-state index contributed by atoms with van der Waals surface area (Å²) in [5, 5.41) is 47.0. The van der Waals surface area contributed by atoms with Crippen LogP contribution in [-0.4, -0.2) is 68.6 Å². The van der Waals surface area contributed by atoms with Crippen molar-refractivity contribution < 1.29 is 42.8 Å². The number of furan rings is 1. The zero-order chi connectivity index (χ0) is 42.1. The van der Waals surface area contributed by atoms with Crippen LogP contribution in [0.1, 0.15) is 96.7 Å². The fraction of sp³-hybridized carbons (Fsp3) is 0.396. The van der Waals surface area contributed by atoms with Gasteiger partial charge < -0.3 is 24.8 Å². The van der Waals surface area contributed by atoms with Gasteiger partial charge in [-0.1, -0.05) is 84.8 Å². The largest absolute Gasteiger partial charge is 0.453 e. The summed E-state index contributed by atoms with van der Waals surface area (Å²) >= 11 is 6.34. The number of benzene rings is 4. The second-order valence-electron chi connectivity index (χ2n) is 16.8. The van der Waals surface area contributed by atoms with Crippen LogP contribution in [0.5, 0.6) is 0 Å². The number of aliphatic hydroxyl groups excluding tert-OH is 3. The maximum atomic E-state index is 14.7. The first-order valence-corrected chi connectivity index (χ1v) is 20.6. The third-order valence-electron chi connectivity index (χ3n) is 12.7. The van der Waals surface area contributed by atoms with Crippen molar-refractivity contribution in [2.45, 2.75) is 95.2 Å². The molecule has 1 saturated carbocycles. The zero-order valence-electron chi connectivity index (χ0n) is 33.3. The van der Waals surface area contributed by atoms with Crippen LogP contribution < -0.4 is 0 Å². The van der Waals surface area contributed by atoms with E-state index in [2.05, 4.69) is 26.0 Å². The molecule has 5 aromatic rings. The Morgan fingerprint density at radius 1 is 1.00 bits per heavy atom. The first-order chi connectivity index (χ1) is 28.1. The van der Waals surface area contributed by atoms with Crippen LogP contribution >= 0.6 is 11.6 Å². The Kier molecular flexibility index (Phi) is 12.6. The predicted octanol–water partition coefficient (Wildman–Crippen LogP) is 9.90. The van der Waals surface area contributed by atoms with Gasteiger partial charge in [-0.3, -0.25) is 9.69 Å². The standard InChI is InChI=1S/C48H51ClF3NO6/c1-30-7-6-21-46(2)41(20-22-47(46,58)29-53(27-36(56)28-54)26-33-10-5-9-32-8-3-4-11-37(32)33)38-16-13-31(23-35(55)15-12-30)24-39(38)45(57)44-19-18-43(59-44)40-25-34(48(50,51)52)14-17-42(40)49/h3-5,7-11,13-14,16-19,24-25,35-36,41,54-56,58H,6,12,15,20-23,26-29H2,1-2H3/t35-,36-,41-,46-,47+/m0/s1. The molecule has 5 atom stereocenters. The lowest BCUT2D eigenvalue weighted by molar-refractivity contribution is -0.137. The van der Waals surface area contributed by atoms with E-state index in [9.17, 15) is 38.4 Å². The van der Waals surface area contributed by atoms with Gasteiger partial charge in [0.25, 0.3) is 0 Å².